The predicted molar refractivity (Wildman–Crippen MR) is 101 cm³/mol. The van der Waals surface area contributed by atoms with E-state index in [9.17, 15) is 14.4 Å². The summed E-state index contributed by atoms with van der Waals surface area (Å²) in [6.07, 6.45) is 0.804. The molecule has 0 bridgehead atoms. The lowest BCUT2D eigenvalue weighted by molar-refractivity contribution is -0.131. The van der Waals surface area contributed by atoms with Crippen LogP contribution in [0.1, 0.15) is 13.3 Å². The second-order valence-electron chi connectivity index (χ2n) is 6.70. The Balaban J connectivity index is 1.59. The van der Waals surface area contributed by atoms with Crippen molar-refractivity contribution in [2.75, 3.05) is 57.3 Å². The molecule has 2 heterocycles. The lowest BCUT2D eigenvalue weighted by Gasteiger charge is -2.31. The highest BCUT2D eigenvalue weighted by molar-refractivity contribution is 6.02. The number of amides is 3. The summed E-state index contributed by atoms with van der Waals surface area (Å²) in [7, 11) is 0. The van der Waals surface area contributed by atoms with Gasteiger partial charge in [-0.15, -0.1) is 0 Å². The van der Waals surface area contributed by atoms with Crippen molar-refractivity contribution in [3.05, 3.63) is 24.3 Å². The number of nitrogens with one attached hydrogen (secondary N) is 1. The molecule has 0 atom stereocenters. The highest BCUT2D eigenvalue weighted by Crippen LogP contribution is 2.31. The van der Waals surface area contributed by atoms with Crippen LogP contribution in [0.5, 0.6) is 5.75 Å². The monoisotopic (exact) mass is 374 g/mol. The molecule has 146 valence electrons. The Bertz CT molecular complexity index is 709. The summed E-state index contributed by atoms with van der Waals surface area (Å²) in [6.45, 7) is 5.43. The van der Waals surface area contributed by atoms with Gasteiger partial charge in [0.15, 0.2) is 6.61 Å². The smallest absolute Gasteiger partial charge is 0.265 e. The van der Waals surface area contributed by atoms with Gasteiger partial charge >= 0.3 is 0 Å². The Morgan fingerprint density at radius 1 is 1.11 bits per heavy atom. The van der Waals surface area contributed by atoms with Crippen molar-refractivity contribution in [1.29, 1.82) is 0 Å². The number of carbonyl (C=O) groups excluding carboxylic acids is 3. The van der Waals surface area contributed by atoms with Crippen LogP contribution in [0.3, 0.4) is 0 Å². The van der Waals surface area contributed by atoms with E-state index in [1.807, 2.05) is 19.1 Å². The van der Waals surface area contributed by atoms with Crippen molar-refractivity contribution in [1.82, 2.24) is 15.1 Å². The van der Waals surface area contributed by atoms with Crippen LogP contribution in [-0.2, 0) is 14.4 Å². The zero-order valence-corrected chi connectivity index (χ0v) is 15.6. The molecule has 3 amide bonds. The molecule has 1 aromatic carbocycles. The lowest BCUT2D eigenvalue weighted by atomic mass is 10.2. The largest absolute Gasteiger partial charge is 0.482 e. The first-order chi connectivity index (χ1) is 13.1. The van der Waals surface area contributed by atoms with E-state index in [0.717, 1.165) is 13.0 Å². The van der Waals surface area contributed by atoms with E-state index in [1.165, 1.54) is 4.90 Å². The maximum absolute atomic E-state index is 12.8. The van der Waals surface area contributed by atoms with Crippen molar-refractivity contribution in [3.63, 3.8) is 0 Å². The molecule has 0 spiro atoms. The Kier molecular flexibility index (Phi) is 6.28. The predicted octanol–water partition coefficient (Wildman–Crippen LogP) is 0.0824. The fraction of sp³-hybridized carbons (Fsp3) is 0.526. The lowest BCUT2D eigenvalue weighted by Crippen LogP contribution is -2.47. The van der Waals surface area contributed by atoms with Crippen molar-refractivity contribution in [2.45, 2.75) is 13.3 Å². The molecular formula is C19H26N4O4. The van der Waals surface area contributed by atoms with Crippen LogP contribution in [0.4, 0.5) is 5.69 Å². The molecule has 2 aliphatic rings. The minimum Gasteiger partial charge on any atom is -0.482 e. The molecule has 0 radical (unpaired) electrons. The maximum atomic E-state index is 12.8. The summed E-state index contributed by atoms with van der Waals surface area (Å²) < 4.78 is 5.42. The quantitative estimate of drug-likeness (QED) is 0.790. The minimum atomic E-state index is -0.213. The second-order valence-corrected chi connectivity index (χ2v) is 6.70. The Morgan fingerprint density at radius 3 is 2.74 bits per heavy atom. The fourth-order valence-electron chi connectivity index (χ4n) is 3.40. The van der Waals surface area contributed by atoms with Gasteiger partial charge in [0.25, 0.3) is 5.91 Å². The van der Waals surface area contributed by atoms with E-state index in [2.05, 4.69) is 10.2 Å². The third-order valence-corrected chi connectivity index (χ3v) is 4.78. The number of rotatable bonds is 5. The molecule has 3 rings (SSSR count). The van der Waals surface area contributed by atoms with E-state index in [0.29, 0.717) is 44.2 Å². The number of carbonyl (C=O) groups is 3. The van der Waals surface area contributed by atoms with Crippen molar-refractivity contribution in [3.8, 4) is 5.75 Å². The molecule has 1 N–H and O–H groups in total. The van der Waals surface area contributed by atoms with Gasteiger partial charge in [0, 0.05) is 32.7 Å². The van der Waals surface area contributed by atoms with Crippen LogP contribution < -0.4 is 15.0 Å². The summed E-state index contributed by atoms with van der Waals surface area (Å²) in [5.41, 5.74) is 0.634. The number of likely N-dealkylation sites (N-methyl/N-ethyl adjacent to an activating group) is 1. The first-order valence-electron chi connectivity index (χ1n) is 9.37. The number of hydrogen-bond acceptors (Lipinski definition) is 5. The van der Waals surface area contributed by atoms with E-state index in [-0.39, 0.29) is 30.9 Å². The average Bonchev–Trinajstić information content (AvgIpc) is 2.90. The number of para-hydroxylation sites is 2. The van der Waals surface area contributed by atoms with Crippen LogP contribution in [0.2, 0.25) is 0 Å². The van der Waals surface area contributed by atoms with Gasteiger partial charge in [0.05, 0.1) is 12.2 Å². The van der Waals surface area contributed by atoms with E-state index in [4.69, 9.17) is 4.74 Å². The number of hydrogen-bond donors (Lipinski definition) is 1. The first-order valence-corrected chi connectivity index (χ1v) is 9.37. The average molecular weight is 374 g/mol. The molecule has 0 aromatic heterocycles. The van der Waals surface area contributed by atoms with Gasteiger partial charge in [-0.05, 0) is 25.5 Å². The van der Waals surface area contributed by atoms with Crippen LogP contribution in [0.25, 0.3) is 0 Å². The third-order valence-electron chi connectivity index (χ3n) is 4.78. The molecule has 8 nitrogen and oxygen atoms in total. The molecular weight excluding hydrogens is 348 g/mol. The van der Waals surface area contributed by atoms with Crippen molar-refractivity contribution >= 4 is 23.4 Å². The van der Waals surface area contributed by atoms with Gasteiger partial charge < -0.3 is 15.0 Å². The molecule has 27 heavy (non-hydrogen) atoms. The molecule has 0 unspecified atom stereocenters. The van der Waals surface area contributed by atoms with Gasteiger partial charge in [-0.2, -0.15) is 0 Å². The summed E-state index contributed by atoms with van der Waals surface area (Å²) in [5.74, 6) is 0.330. The zero-order chi connectivity index (χ0) is 19.2. The summed E-state index contributed by atoms with van der Waals surface area (Å²) in [6, 6.07) is 7.25. The summed E-state index contributed by atoms with van der Waals surface area (Å²) >= 11 is 0. The van der Waals surface area contributed by atoms with E-state index in [1.54, 1.807) is 17.0 Å². The maximum Gasteiger partial charge on any atom is 0.265 e. The van der Waals surface area contributed by atoms with Gasteiger partial charge in [-0.1, -0.05) is 12.1 Å². The number of ether oxygens (including phenoxy) is 1. The van der Waals surface area contributed by atoms with Crippen LogP contribution >= 0.6 is 0 Å². The van der Waals surface area contributed by atoms with Crippen molar-refractivity contribution < 1.29 is 19.1 Å². The van der Waals surface area contributed by atoms with Gasteiger partial charge in [0.1, 0.15) is 12.3 Å². The van der Waals surface area contributed by atoms with Gasteiger partial charge in [-0.3, -0.25) is 24.2 Å². The summed E-state index contributed by atoms with van der Waals surface area (Å²) in [5, 5.41) is 2.80. The van der Waals surface area contributed by atoms with Crippen LogP contribution in [-0.4, -0.2) is 79.9 Å². The van der Waals surface area contributed by atoms with Crippen LogP contribution in [0.15, 0.2) is 24.3 Å². The summed E-state index contributed by atoms with van der Waals surface area (Å²) in [4.78, 5) is 42.2. The van der Waals surface area contributed by atoms with Gasteiger partial charge in [-0.25, -0.2) is 0 Å². The Hall–Kier alpha value is -2.61. The number of anilines is 1. The molecule has 8 heteroatoms. The van der Waals surface area contributed by atoms with Crippen LogP contribution in [0, 0.1) is 0 Å². The fourth-order valence-corrected chi connectivity index (χ4v) is 3.40. The highest BCUT2D eigenvalue weighted by atomic mass is 16.5. The Morgan fingerprint density at radius 2 is 1.93 bits per heavy atom. The molecule has 0 aliphatic carbocycles. The number of benzene rings is 1. The topological polar surface area (TPSA) is 82.2 Å². The molecule has 1 saturated heterocycles. The van der Waals surface area contributed by atoms with E-state index >= 15 is 0 Å². The first kappa shape index (κ1) is 19.2. The number of fused-ring (bicyclic) bond motifs is 1. The highest BCUT2D eigenvalue weighted by Gasteiger charge is 2.29. The zero-order valence-electron chi connectivity index (χ0n) is 15.6. The SMILES string of the molecule is CCNC(=O)CN1CCCN(C(=O)CN2C(=O)COc3ccccc32)CC1. The number of nitrogens with zero attached hydrogens (tertiary/aromatic N) is 3. The standard InChI is InChI=1S/C19H26N4O4/c1-2-20-17(24)12-21-8-5-9-22(11-10-21)18(25)13-23-15-6-3-4-7-16(15)27-14-19(23)26/h3-4,6-7H,2,5,8-14H2,1H3,(H,20,24). The minimum absolute atomic E-state index is 0.00722. The molecule has 1 fully saturated rings. The molecule has 0 saturated carbocycles. The normalized spacial score (nSPS) is 17.7. The van der Waals surface area contributed by atoms with Gasteiger partial charge in [0.2, 0.25) is 11.8 Å². The van der Waals surface area contributed by atoms with E-state index < -0.39 is 0 Å². The van der Waals surface area contributed by atoms with Crippen molar-refractivity contribution in [2.24, 2.45) is 0 Å². The third kappa shape index (κ3) is 4.77. The molecule has 1 aromatic rings. The second kappa shape index (κ2) is 8.85. The Labute approximate surface area is 159 Å². The molecule has 2 aliphatic heterocycles.